The molecule has 0 amide bonds. The summed E-state index contributed by atoms with van der Waals surface area (Å²) in [6, 6.07) is 9.89. The molecule has 0 saturated heterocycles. The number of hydrogen-bond donors (Lipinski definition) is 0. The second-order valence-corrected chi connectivity index (χ2v) is 4.70. The van der Waals surface area contributed by atoms with Crippen molar-refractivity contribution in [3.05, 3.63) is 59.4 Å². The molecule has 2 heterocycles. The molecule has 0 atom stereocenters. The first-order valence-electron chi connectivity index (χ1n) is 5.80. The number of hydrogen-bond acceptors (Lipinski definition) is 4. The summed E-state index contributed by atoms with van der Waals surface area (Å²) in [6.07, 6.45) is 4.99. The van der Waals surface area contributed by atoms with Gasteiger partial charge in [-0.1, -0.05) is 41.9 Å². The van der Waals surface area contributed by atoms with Crippen molar-refractivity contribution < 1.29 is 0 Å². The molecule has 0 fully saturated rings. The summed E-state index contributed by atoms with van der Waals surface area (Å²) in [6.45, 7) is 0. The molecule has 0 aliphatic carbocycles. The number of rotatable bonds is 2. The maximum atomic E-state index is 6.01. The lowest BCUT2D eigenvalue weighted by Gasteiger charge is -2.04. The molecule has 98 valence electrons. The van der Waals surface area contributed by atoms with Crippen molar-refractivity contribution in [2.75, 3.05) is 0 Å². The first-order valence-corrected chi connectivity index (χ1v) is 6.55. The molecule has 6 heteroatoms. The van der Waals surface area contributed by atoms with Gasteiger partial charge in [-0.25, -0.2) is 19.9 Å². The van der Waals surface area contributed by atoms with Crippen LogP contribution in [0.3, 0.4) is 0 Å². The maximum absolute atomic E-state index is 6.01. The van der Waals surface area contributed by atoms with Crippen molar-refractivity contribution in [3.8, 4) is 22.5 Å². The second-order valence-electron chi connectivity index (χ2n) is 4.00. The Hall–Kier alpha value is -2.04. The minimum absolute atomic E-state index is 0.0969. The third kappa shape index (κ3) is 2.61. The number of halogens is 2. The topological polar surface area (TPSA) is 51.6 Å². The van der Waals surface area contributed by atoms with Crippen LogP contribution in [0.1, 0.15) is 0 Å². The zero-order chi connectivity index (χ0) is 13.9. The Kier molecular flexibility index (Phi) is 3.58. The zero-order valence-corrected chi connectivity index (χ0v) is 11.7. The third-order valence-electron chi connectivity index (χ3n) is 2.71. The van der Waals surface area contributed by atoms with E-state index in [1.165, 1.54) is 6.20 Å². The molecule has 0 unspecified atom stereocenters. The molecule has 0 aliphatic heterocycles. The Morgan fingerprint density at radius 2 is 1.45 bits per heavy atom. The Morgan fingerprint density at radius 3 is 2.10 bits per heavy atom. The summed E-state index contributed by atoms with van der Waals surface area (Å²) in [5, 5.41) is 0.331. The van der Waals surface area contributed by atoms with Crippen molar-refractivity contribution in [1.82, 2.24) is 19.9 Å². The fourth-order valence-electron chi connectivity index (χ4n) is 1.74. The minimum atomic E-state index is 0.0969. The fraction of sp³-hybridized carbons (Fsp3) is 0. The molecule has 1 aromatic carbocycles. The van der Waals surface area contributed by atoms with Gasteiger partial charge < -0.3 is 0 Å². The van der Waals surface area contributed by atoms with Crippen molar-refractivity contribution in [2.45, 2.75) is 0 Å². The molecular formula is C14H8Cl2N4. The van der Waals surface area contributed by atoms with Crippen molar-refractivity contribution in [2.24, 2.45) is 0 Å². The van der Waals surface area contributed by atoms with Crippen LogP contribution >= 0.6 is 23.2 Å². The lowest BCUT2D eigenvalue weighted by Crippen LogP contribution is -1.93. The molecule has 0 N–H and O–H groups in total. The van der Waals surface area contributed by atoms with Crippen LogP contribution < -0.4 is 0 Å². The number of nitrogens with zero attached hydrogens (tertiary/aromatic N) is 4. The van der Waals surface area contributed by atoms with E-state index in [9.17, 15) is 0 Å². The molecule has 4 nitrogen and oxygen atoms in total. The predicted molar refractivity (Wildman–Crippen MR) is 78.5 cm³/mol. The van der Waals surface area contributed by atoms with Gasteiger partial charge in [-0.05, 0) is 17.2 Å². The normalized spacial score (nSPS) is 10.5. The van der Waals surface area contributed by atoms with Crippen molar-refractivity contribution >= 4 is 23.2 Å². The molecule has 0 radical (unpaired) electrons. The fourth-order valence-corrected chi connectivity index (χ4v) is 2.13. The monoisotopic (exact) mass is 302 g/mol. The highest BCUT2D eigenvalue weighted by molar-refractivity contribution is 6.33. The van der Waals surface area contributed by atoms with Gasteiger partial charge in [0.1, 0.15) is 5.15 Å². The summed E-state index contributed by atoms with van der Waals surface area (Å²) in [4.78, 5) is 16.4. The Balaban J connectivity index is 1.97. The van der Waals surface area contributed by atoms with Crippen molar-refractivity contribution in [1.29, 1.82) is 0 Å². The lowest BCUT2D eigenvalue weighted by molar-refractivity contribution is 1.12. The van der Waals surface area contributed by atoms with Crippen LogP contribution in [0.15, 0.2) is 48.9 Å². The zero-order valence-electron chi connectivity index (χ0n) is 10.2. The molecule has 3 rings (SSSR count). The third-order valence-corrected chi connectivity index (χ3v) is 3.18. The van der Waals surface area contributed by atoms with Gasteiger partial charge in [0.05, 0.1) is 5.56 Å². The number of aromatic nitrogens is 4. The second kappa shape index (κ2) is 5.53. The first kappa shape index (κ1) is 13.0. The van der Waals surface area contributed by atoms with E-state index in [0.717, 1.165) is 11.1 Å². The van der Waals surface area contributed by atoms with E-state index in [-0.39, 0.29) is 10.4 Å². The van der Waals surface area contributed by atoms with Gasteiger partial charge in [-0.15, -0.1) is 0 Å². The summed E-state index contributed by atoms with van der Waals surface area (Å²) < 4.78 is 0. The van der Waals surface area contributed by atoms with Crippen LogP contribution in [0.4, 0.5) is 0 Å². The van der Waals surface area contributed by atoms with Gasteiger partial charge in [0.15, 0.2) is 5.82 Å². The summed E-state index contributed by atoms with van der Waals surface area (Å²) in [5.41, 5.74) is 2.54. The van der Waals surface area contributed by atoms with Crippen molar-refractivity contribution in [3.63, 3.8) is 0 Å². The van der Waals surface area contributed by atoms with Gasteiger partial charge in [0.25, 0.3) is 0 Å². The Morgan fingerprint density at radius 1 is 0.750 bits per heavy atom. The van der Waals surface area contributed by atoms with Crippen LogP contribution in [0, 0.1) is 0 Å². The van der Waals surface area contributed by atoms with Gasteiger partial charge >= 0.3 is 0 Å². The quantitative estimate of drug-likeness (QED) is 0.532. The minimum Gasteiger partial charge on any atom is -0.236 e. The van der Waals surface area contributed by atoms with E-state index in [1.807, 2.05) is 30.3 Å². The molecule has 0 saturated carbocycles. The van der Waals surface area contributed by atoms with Crippen LogP contribution in [0.2, 0.25) is 10.4 Å². The Bertz CT molecular complexity index is 730. The maximum Gasteiger partial charge on any atom is 0.223 e. The molecule has 0 bridgehead atoms. The van der Waals surface area contributed by atoms with E-state index in [1.54, 1.807) is 12.4 Å². The van der Waals surface area contributed by atoms with Crippen LogP contribution in [0.5, 0.6) is 0 Å². The van der Waals surface area contributed by atoms with Gasteiger partial charge in [0, 0.05) is 24.2 Å². The van der Waals surface area contributed by atoms with Crippen LogP contribution in [-0.4, -0.2) is 19.9 Å². The molecule has 0 aliphatic rings. The van der Waals surface area contributed by atoms with E-state index < -0.39 is 0 Å². The molecule has 0 spiro atoms. The molecular weight excluding hydrogens is 295 g/mol. The van der Waals surface area contributed by atoms with E-state index in [4.69, 9.17) is 23.2 Å². The molecule has 2 aromatic heterocycles. The lowest BCUT2D eigenvalue weighted by atomic mass is 10.1. The largest absolute Gasteiger partial charge is 0.236 e. The molecule has 20 heavy (non-hydrogen) atoms. The average molecular weight is 303 g/mol. The Labute approximate surface area is 125 Å². The van der Waals surface area contributed by atoms with Gasteiger partial charge in [-0.3, -0.25) is 0 Å². The first-order chi connectivity index (χ1) is 9.74. The highest BCUT2D eigenvalue weighted by atomic mass is 35.5. The summed E-state index contributed by atoms with van der Waals surface area (Å²) in [5.74, 6) is 0.464. The standard InChI is InChI=1S/C14H8Cl2N4/c15-12-11(8-19-14(16)20-12)13-17-6-10(7-18-13)9-4-2-1-3-5-9/h1-8H. The summed E-state index contributed by atoms with van der Waals surface area (Å²) >= 11 is 11.7. The van der Waals surface area contributed by atoms with Crippen LogP contribution in [-0.2, 0) is 0 Å². The van der Waals surface area contributed by atoms with E-state index >= 15 is 0 Å². The number of benzene rings is 1. The van der Waals surface area contributed by atoms with Gasteiger partial charge in [0.2, 0.25) is 5.28 Å². The van der Waals surface area contributed by atoms with Gasteiger partial charge in [-0.2, -0.15) is 0 Å². The van der Waals surface area contributed by atoms with E-state index in [0.29, 0.717) is 11.4 Å². The average Bonchev–Trinajstić information content (AvgIpc) is 2.48. The summed E-state index contributed by atoms with van der Waals surface area (Å²) in [7, 11) is 0. The van der Waals surface area contributed by atoms with E-state index in [2.05, 4.69) is 19.9 Å². The van der Waals surface area contributed by atoms with Crippen LogP contribution in [0.25, 0.3) is 22.5 Å². The predicted octanol–water partition coefficient (Wildman–Crippen LogP) is 3.91. The highest BCUT2D eigenvalue weighted by Crippen LogP contribution is 2.24. The smallest absolute Gasteiger partial charge is 0.223 e. The molecule has 3 aromatic rings. The SMILES string of the molecule is Clc1ncc(-c2ncc(-c3ccccc3)cn2)c(Cl)n1. The highest BCUT2D eigenvalue weighted by Gasteiger charge is 2.09.